The monoisotopic (exact) mass is 234 g/mol. The Morgan fingerprint density at radius 1 is 1.65 bits per heavy atom. The Labute approximate surface area is 102 Å². The van der Waals surface area contributed by atoms with Gasteiger partial charge in [0.25, 0.3) is 0 Å². The lowest BCUT2D eigenvalue weighted by Gasteiger charge is -2.27. The number of nitrogens with zero attached hydrogens (tertiary/aromatic N) is 2. The van der Waals surface area contributed by atoms with Crippen molar-refractivity contribution in [2.24, 2.45) is 5.41 Å². The summed E-state index contributed by atoms with van der Waals surface area (Å²) in [6.45, 7) is 2.79. The van der Waals surface area contributed by atoms with Crippen LogP contribution in [0, 0.1) is 5.41 Å². The molecule has 0 aromatic carbocycles. The fourth-order valence-corrected chi connectivity index (χ4v) is 2.27. The predicted molar refractivity (Wildman–Crippen MR) is 64.5 cm³/mol. The zero-order chi connectivity index (χ0) is 12.1. The topological polar surface area (TPSA) is 42.4 Å². The molecule has 1 aromatic rings. The van der Waals surface area contributed by atoms with Gasteiger partial charge in [0.05, 0.1) is 12.0 Å². The number of ether oxygens (including phenoxy) is 1. The molecule has 0 aliphatic carbocycles. The molecule has 1 aliphatic rings. The standard InChI is InChI=1S/C13H18N2O2/c1-15(8-12-3-2-5-14-7-12)9-13(10-16)4-6-17-11-13/h2-3,5,7,10H,4,6,8-9,11H2,1H3. The van der Waals surface area contributed by atoms with Gasteiger partial charge in [0, 0.05) is 32.1 Å². The molecule has 4 nitrogen and oxygen atoms in total. The lowest BCUT2D eigenvalue weighted by molar-refractivity contribution is -0.117. The minimum atomic E-state index is -0.309. The van der Waals surface area contributed by atoms with E-state index in [1.165, 1.54) is 0 Å². The Kier molecular flexibility index (Phi) is 3.86. The Bertz CT molecular complexity index is 361. The molecule has 0 bridgehead atoms. The van der Waals surface area contributed by atoms with Crippen LogP contribution in [0.25, 0.3) is 0 Å². The van der Waals surface area contributed by atoms with E-state index in [9.17, 15) is 4.79 Å². The van der Waals surface area contributed by atoms with Crippen molar-refractivity contribution in [3.8, 4) is 0 Å². The molecule has 1 aliphatic heterocycles. The number of pyridine rings is 1. The van der Waals surface area contributed by atoms with Gasteiger partial charge in [0.15, 0.2) is 0 Å². The molecular weight excluding hydrogens is 216 g/mol. The highest BCUT2D eigenvalue weighted by molar-refractivity contribution is 5.60. The molecule has 1 unspecified atom stereocenters. The predicted octanol–water partition coefficient (Wildman–Crippen LogP) is 1.12. The molecule has 0 N–H and O–H groups in total. The third-order valence-electron chi connectivity index (χ3n) is 3.14. The van der Waals surface area contributed by atoms with Gasteiger partial charge in [-0.3, -0.25) is 4.98 Å². The molecule has 1 atom stereocenters. The lowest BCUT2D eigenvalue weighted by atomic mass is 9.88. The van der Waals surface area contributed by atoms with Gasteiger partial charge in [-0.2, -0.15) is 0 Å². The molecular formula is C13H18N2O2. The molecule has 17 heavy (non-hydrogen) atoms. The summed E-state index contributed by atoms with van der Waals surface area (Å²) >= 11 is 0. The maximum Gasteiger partial charge on any atom is 0.129 e. The van der Waals surface area contributed by atoms with E-state index >= 15 is 0 Å². The minimum absolute atomic E-state index is 0.309. The van der Waals surface area contributed by atoms with E-state index in [-0.39, 0.29) is 5.41 Å². The number of carbonyl (C=O) groups excluding carboxylic acids is 1. The molecule has 0 saturated carbocycles. The molecule has 1 fully saturated rings. The molecule has 2 heterocycles. The van der Waals surface area contributed by atoms with Crippen molar-refractivity contribution >= 4 is 6.29 Å². The largest absolute Gasteiger partial charge is 0.380 e. The summed E-state index contributed by atoms with van der Waals surface area (Å²) in [4.78, 5) is 17.4. The molecule has 1 saturated heterocycles. The minimum Gasteiger partial charge on any atom is -0.380 e. The van der Waals surface area contributed by atoms with Crippen LogP contribution in [-0.4, -0.2) is 43.0 Å². The van der Waals surface area contributed by atoms with E-state index in [1.807, 2.05) is 25.4 Å². The fourth-order valence-electron chi connectivity index (χ4n) is 2.27. The molecule has 0 radical (unpaired) electrons. The van der Waals surface area contributed by atoms with Gasteiger partial charge in [-0.05, 0) is 25.1 Å². The number of aldehydes is 1. The first-order valence-corrected chi connectivity index (χ1v) is 5.86. The molecule has 1 aromatic heterocycles. The quantitative estimate of drug-likeness (QED) is 0.716. The van der Waals surface area contributed by atoms with Gasteiger partial charge in [-0.25, -0.2) is 0 Å². The third-order valence-corrected chi connectivity index (χ3v) is 3.14. The van der Waals surface area contributed by atoms with E-state index < -0.39 is 0 Å². The van der Waals surface area contributed by atoms with Crippen molar-refractivity contribution < 1.29 is 9.53 Å². The second-order valence-corrected chi connectivity index (χ2v) is 4.82. The van der Waals surface area contributed by atoms with E-state index in [2.05, 4.69) is 9.88 Å². The maximum absolute atomic E-state index is 11.2. The molecule has 4 heteroatoms. The average Bonchev–Trinajstić information content (AvgIpc) is 2.79. The Morgan fingerprint density at radius 3 is 3.12 bits per heavy atom. The molecule has 0 amide bonds. The highest BCUT2D eigenvalue weighted by atomic mass is 16.5. The van der Waals surface area contributed by atoms with Crippen LogP contribution < -0.4 is 0 Å². The van der Waals surface area contributed by atoms with Gasteiger partial charge < -0.3 is 14.4 Å². The van der Waals surface area contributed by atoms with Crippen LogP contribution in [0.15, 0.2) is 24.5 Å². The molecule has 0 spiro atoms. The second kappa shape index (κ2) is 5.38. The van der Waals surface area contributed by atoms with Gasteiger partial charge in [0.2, 0.25) is 0 Å². The van der Waals surface area contributed by atoms with E-state index in [1.54, 1.807) is 6.20 Å². The fraction of sp³-hybridized carbons (Fsp3) is 0.538. The maximum atomic E-state index is 11.2. The SMILES string of the molecule is CN(Cc1cccnc1)CC1(C=O)CCOC1. The summed E-state index contributed by atoms with van der Waals surface area (Å²) in [6, 6.07) is 3.97. The Balaban J connectivity index is 1.92. The Morgan fingerprint density at radius 2 is 2.53 bits per heavy atom. The number of aromatic nitrogens is 1. The normalized spacial score (nSPS) is 24.1. The summed E-state index contributed by atoms with van der Waals surface area (Å²) < 4.78 is 5.33. The highest BCUT2D eigenvalue weighted by Gasteiger charge is 2.35. The van der Waals surface area contributed by atoms with Crippen molar-refractivity contribution in [2.45, 2.75) is 13.0 Å². The first-order chi connectivity index (χ1) is 8.24. The van der Waals surface area contributed by atoms with Crippen LogP contribution in [0.4, 0.5) is 0 Å². The number of hydrogen-bond donors (Lipinski definition) is 0. The summed E-state index contributed by atoms with van der Waals surface area (Å²) in [5.74, 6) is 0. The van der Waals surface area contributed by atoms with Crippen LogP contribution in [0.1, 0.15) is 12.0 Å². The van der Waals surface area contributed by atoms with E-state index in [4.69, 9.17) is 4.74 Å². The number of rotatable bonds is 5. The first-order valence-electron chi connectivity index (χ1n) is 5.86. The van der Waals surface area contributed by atoms with Crippen molar-refractivity contribution in [1.82, 2.24) is 9.88 Å². The van der Waals surface area contributed by atoms with E-state index in [0.717, 1.165) is 31.4 Å². The van der Waals surface area contributed by atoms with Crippen molar-refractivity contribution in [2.75, 3.05) is 26.8 Å². The van der Waals surface area contributed by atoms with Gasteiger partial charge >= 0.3 is 0 Å². The van der Waals surface area contributed by atoms with Crippen LogP contribution >= 0.6 is 0 Å². The lowest BCUT2D eigenvalue weighted by Crippen LogP contribution is -2.37. The van der Waals surface area contributed by atoms with Crippen LogP contribution in [0.5, 0.6) is 0 Å². The second-order valence-electron chi connectivity index (χ2n) is 4.82. The van der Waals surface area contributed by atoms with Crippen molar-refractivity contribution in [1.29, 1.82) is 0 Å². The summed E-state index contributed by atoms with van der Waals surface area (Å²) in [7, 11) is 2.02. The summed E-state index contributed by atoms with van der Waals surface area (Å²) in [5, 5.41) is 0. The smallest absolute Gasteiger partial charge is 0.129 e. The van der Waals surface area contributed by atoms with Gasteiger partial charge in [0.1, 0.15) is 6.29 Å². The van der Waals surface area contributed by atoms with E-state index in [0.29, 0.717) is 13.2 Å². The van der Waals surface area contributed by atoms with Crippen LogP contribution in [0.2, 0.25) is 0 Å². The molecule has 92 valence electrons. The highest BCUT2D eigenvalue weighted by Crippen LogP contribution is 2.27. The molecule has 2 rings (SSSR count). The van der Waals surface area contributed by atoms with Crippen LogP contribution in [-0.2, 0) is 16.1 Å². The summed E-state index contributed by atoms with van der Waals surface area (Å²) in [6.07, 6.45) is 5.50. The zero-order valence-electron chi connectivity index (χ0n) is 10.1. The van der Waals surface area contributed by atoms with Crippen molar-refractivity contribution in [3.63, 3.8) is 0 Å². The van der Waals surface area contributed by atoms with Crippen molar-refractivity contribution in [3.05, 3.63) is 30.1 Å². The Hall–Kier alpha value is -1.26. The van der Waals surface area contributed by atoms with Gasteiger partial charge in [-0.15, -0.1) is 0 Å². The van der Waals surface area contributed by atoms with Gasteiger partial charge in [-0.1, -0.05) is 6.07 Å². The number of carbonyl (C=O) groups is 1. The average molecular weight is 234 g/mol. The first kappa shape index (κ1) is 12.2. The van der Waals surface area contributed by atoms with Crippen LogP contribution in [0.3, 0.4) is 0 Å². The number of hydrogen-bond acceptors (Lipinski definition) is 4. The third kappa shape index (κ3) is 3.11. The zero-order valence-corrected chi connectivity index (χ0v) is 10.1. The summed E-state index contributed by atoms with van der Waals surface area (Å²) in [5.41, 5.74) is 0.853.